The Morgan fingerprint density at radius 2 is 1.89 bits per heavy atom. The number of nitrogens with one attached hydrogen (secondary N) is 1. The number of hydrogen-bond acceptors (Lipinski definition) is 3. The van der Waals surface area contributed by atoms with Gasteiger partial charge in [0.1, 0.15) is 6.10 Å². The van der Waals surface area contributed by atoms with Crippen molar-refractivity contribution in [3.05, 3.63) is 0 Å². The first-order valence-corrected chi connectivity index (χ1v) is 6.79. The third-order valence-electron chi connectivity index (χ3n) is 3.98. The van der Waals surface area contributed by atoms with Crippen molar-refractivity contribution in [2.45, 2.75) is 44.6 Å². The number of carboxylic acid groups (broad SMARTS) is 1. The number of carboxylic acids is 1. The molecule has 18 heavy (non-hydrogen) atoms. The molecular formula is C13H21NO4. The van der Waals surface area contributed by atoms with Crippen LogP contribution in [-0.2, 0) is 14.3 Å². The Labute approximate surface area is 107 Å². The molecule has 1 aliphatic carbocycles. The molecule has 2 aliphatic rings. The van der Waals surface area contributed by atoms with Crippen LogP contribution in [0.4, 0.5) is 0 Å². The number of amides is 1. The Kier molecular flexibility index (Phi) is 4.58. The van der Waals surface area contributed by atoms with Crippen molar-refractivity contribution in [1.29, 1.82) is 0 Å². The minimum Gasteiger partial charge on any atom is -0.481 e. The second-order valence-corrected chi connectivity index (χ2v) is 5.30. The van der Waals surface area contributed by atoms with Gasteiger partial charge in [-0.2, -0.15) is 0 Å². The topological polar surface area (TPSA) is 75.6 Å². The van der Waals surface area contributed by atoms with Gasteiger partial charge < -0.3 is 15.2 Å². The number of aliphatic carboxylic acids is 1. The first-order chi connectivity index (χ1) is 8.66. The van der Waals surface area contributed by atoms with Crippen molar-refractivity contribution in [2.24, 2.45) is 11.8 Å². The molecular weight excluding hydrogens is 234 g/mol. The molecule has 2 rings (SSSR count). The molecule has 1 amide bonds. The molecule has 0 bridgehead atoms. The van der Waals surface area contributed by atoms with Gasteiger partial charge in [-0.05, 0) is 44.4 Å². The summed E-state index contributed by atoms with van der Waals surface area (Å²) < 4.78 is 5.31. The fraction of sp³-hybridized carbons (Fsp3) is 0.846. The van der Waals surface area contributed by atoms with Gasteiger partial charge in [-0.1, -0.05) is 0 Å². The van der Waals surface area contributed by atoms with Crippen molar-refractivity contribution in [3.8, 4) is 0 Å². The number of carbonyl (C=O) groups is 2. The van der Waals surface area contributed by atoms with E-state index in [1.807, 2.05) is 0 Å². The fourth-order valence-corrected chi connectivity index (χ4v) is 2.76. The Bertz CT molecular complexity index is 304. The molecule has 0 radical (unpaired) electrons. The molecule has 1 saturated heterocycles. The molecule has 2 N–H and O–H groups in total. The van der Waals surface area contributed by atoms with E-state index in [0.717, 1.165) is 38.5 Å². The molecule has 5 nitrogen and oxygen atoms in total. The van der Waals surface area contributed by atoms with Crippen LogP contribution in [0.5, 0.6) is 0 Å². The Morgan fingerprint density at radius 1 is 1.17 bits per heavy atom. The Hall–Kier alpha value is -1.10. The Morgan fingerprint density at radius 3 is 2.44 bits per heavy atom. The number of ether oxygens (including phenoxy) is 1. The van der Waals surface area contributed by atoms with Crippen molar-refractivity contribution < 1.29 is 19.4 Å². The molecule has 0 spiro atoms. The summed E-state index contributed by atoms with van der Waals surface area (Å²) in [6.45, 7) is 1.34. The lowest BCUT2D eigenvalue weighted by Crippen LogP contribution is -2.38. The second kappa shape index (κ2) is 6.18. The second-order valence-electron chi connectivity index (χ2n) is 5.30. The number of carbonyl (C=O) groups excluding carboxylic acids is 1. The highest BCUT2D eigenvalue weighted by Crippen LogP contribution is 2.28. The zero-order valence-electron chi connectivity index (χ0n) is 10.6. The standard InChI is InChI=1S/C13H21NO4/c15-12(11-2-1-7-18-11)14-8-9-3-5-10(6-4-9)13(16)17/h9-11H,1-8H2,(H,14,15)(H,16,17). The molecule has 2 fully saturated rings. The maximum absolute atomic E-state index is 11.7. The molecule has 1 atom stereocenters. The lowest BCUT2D eigenvalue weighted by Gasteiger charge is -2.26. The smallest absolute Gasteiger partial charge is 0.306 e. The predicted molar refractivity (Wildman–Crippen MR) is 65.1 cm³/mol. The molecule has 1 heterocycles. The van der Waals surface area contributed by atoms with Gasteiger partial charge in [0.2, 0.25) is 5.91 Å². The van der Waals surface area contributed by atoms with Gasteiger partial charge in [0.05, 0.1) is 5.92 Å². The third-order valence-corrected chi connectivity index (χ3v) is 3.98. The van der Waals surface area contributed by atoms with Crippen LogP contribution in [0, 0.1) is 11.8 Å². The van der Waals surface area contributed by atoms with E-state index in [4.69, 9.17) is 9.84 Å². The van der Waals surface area contributed by atoms with E-state index >= 15 is 0 Å². The monoisotopic (exact) mass is 255 g/mol. The van der Waals surface area contributed by atoms with Crippen molar-refractivity contribution >= 4 is 11.9 Å². The summed E-state index contributed by atoms with van der Waals surface area (Å²) in [7, 11) is 0. The van der Waals surface area contributed by atoms with Crippen molar-refractivity contribution in [3.63, 3.8) is 0 Å². The summed E-state index contributed by atoms with van der Waals surface area (Å²) in [5, 5.41) is 11.8. The van der Waals surface area contributed by atoms with E-state index in [1.165, 1.54) is 0 Å². The summed E-state index contributed by atoms with van der Waals surface area (Å²) in [5.41, 5.74) is 0. The Balaban J connectivity index is 1.65. The lowest BCUT2D eigenvalue weighted by atomic mass is 9.82. The fourth-order valence-electron chi connectivity index (χ4n) is 2.76. The summed E-state index contributed by atoms with van der Waals surface area (Å²) in [4.78, 5) is 22.5. The predicted octanol–water partition coefficient (Wildman–Crippen LogP) is 1.17. The number of rotatable bonds is 4. The van der Waals surface area contributed by atoms with Crippen LogP contribution in [0.25, 0.3) is 0 Å². The third kappa shape index (κ3) is 3.45. The minimum absolute atomic E-state index is 0.00661. The average Bonchev–Trinajstić information content (AvgIpc) is 2.90. The molecule has 0 aromatic rings. The van der Waals surface area contributed by atoms with Gasteiger partial charge >= 0.3 is 5.97 Å². The summed E-state index contributed by atoms with van der Waals surface area (Å²) in [6, 6.07) is 0. The lowest BCUT2D eigenvalue weighted by molar-refractivity contribution is -0.143. The minimum atomic E-state index is -0.683. The molecule has 0 aromatic heterocycles. The molecule has 1 unspecified atom stereocenters. The van der Waals surface area contributed by atoms with E-state index in [1.54, 1.807) is 0 Å². The van der Waals surface area contributed by atoms with E-state index in [0.29, 0.717) is 19.1 Å². The van der Waals surface area contributed by atoms with Crippen LogP contribution < -0.4 is 5.32 Å². The van der Waals surface area contributed by atoms with E-state index in [-0.39, 0.29) is 17.9 Å². The zero-order chi connectivity index (χ0) is 13.0. The summed E-state index contributed by atoms with van der Waals surface area (Å²) in [6.07, 6.45) is 4.76. The first kappa shape index (κ1) is 13.3. The maximum atomic E-state index is 11.7. The molecule has 5 heteroatoms. The SMILES string of the molecule is O=C(O)C1CCC(CNC(=O)C2CCCO2)CC1. The first-order valence-electron chi connectivity index (χ1n) is 6.79. The largest absolute Gasteiger partial charge is 0.481 e. The van der Waals surface area contributed by atoms with Crippen LogP contribution in [-0.4, -0.2) is 36.2 Å². The van der Waals surface area contributed by atoms with Crippen molar-refractivity contribution in [1.82, 2.24) is 5.32 Å². The van der Waals surface area contributed by atoms with Crippen LogP contribution in [0.2, 0.25) is 0 Å². The highest BCUT2D eigenvalue weighted by Gasteiger charge is 2.27. The molecule has 0 aromatic carbocycles. The van der Waals surface area contributed by atoms with Gasteiger partial charge in [-0.3, -0.25) is 9.59 Å². The van der Waals surface area contributed by atoms with Crippen LogP contribution in [0.1, 0.15) is 38.5 Å². The average molecular weight is 255 g/mol. The highest BCUT2D eigenvalue weighted by molar-refractivity contribution is 5.80. The summed E-state index contributed by atoms with van der Waals surface area (Å²) >= 11 is 0. The highest BCUT2D eigenvalue weighted by atomic mass is 16.5. The maximum Gasteiger partial charge on any atom is 0.306 e. The summed E-state index contributed by atoms with van der Waals surface area (Å²) in [5.74, 6) is -0.453. The molecule has 102 valence electrons. The van der Waals surface area contributed by atoms with Gasteiger partial charge in [0.15, 0.2) is 0 Å². The van der Waals surface area contributed by atoms with Gasteiger partial charge in [-0.15, -0.1) is 0 Å². The zero-order valence-corrected chi connectivity index (χ0v) is 10.6. The van der Waals surface area contributed by atoms with Crippen LogP contribution in [0.15, 0.2) is 0 Å². The van der Waals surface area contributed by atoms with Crippen LogP contribution in [0.3, 0.4) is 0 Å². The van der Waals surface area contributed by atoms with E-state index in [2.05, 4.69) is 5.32 Å². The van der Waals surface area contributed by atoms with E-state index < -0.39 is 5.97 Å². The molecule has 1 aliphatic heterocycles. The molecule has 1 saturated carbocycles. The quantitative estimate of drug-likeness (QED) is 0.790. The van der Waals surface area contributed by atoms with E-state index in [9.17, 15) is 9.59 Å². The van der Waals surface area contributed by atoms with Crippen molar-refractivity contribution in [2.75, 3.05) is 13.2 Å². The van der Waals surface area contributed by atoms with Gasteiger partial charge in [0, 0.05) is 13.2 Å². The normalized spacial score (nSPS) is 32.1. The number of hydrogen-bond donors (Lipinski definition) is 2. The van der Waals surface area contributed by atoms with Gasteiger partial charge in [0.25, 0.3) is 0 Å². The van der Waals surface area contributed by atoms with Gasteiger partial charge in [-0.25, -0.2) is 0 Å². The van der Waals surface area contributed by atoms with Crippen LogP contribution >= 0.6 is 0 Å².